The SMILES string of the molecule is CCC1CN(C)CCCN1c1ncnc(N)c1[N+](=O)[O-]. The molecular formula is C12H20N6O2. The average Bonchev–Trinajstić information content (AvgIpc) is 2.59. The second-order valence-corrected chi connectivity index (χ2v) is 5.06. The monoisotopic (exact) mass is 280 g/mol. The van der Waals surface area contributed by atoms with Gasteiger partial charge in [-0.05, 0) is 26.4 Å². The van der Waals surface area contributed by atoms with Crippen LogP contribution in [0.3, 0.4) is 0 Å². The Balaban J connectivity index is 2.43. The topological polar surface area (TPSA) is 101 Å². The van der Waals surface area contributed by atoms with Gasteiger partial charge in [0.2, 0.25) is 11.6 Å². The number of nitrogens with two attached hydrogens (primary N) is 1. The number of aromatic nitrogens is 2. The van der Waals surface area contributed by atoms with Gasteiger partial charge in [-0.25, -0.2) is 9.97 Å². The molecule has 0 spiro atoms. The molecule has 0 aromatic carbocycles. The minimum absolute atomic E-state index is 0.0764. The van der Waals surface area contributed by atoms with Crippen LogP contribution in [0, 0.1) is 10.1 Å². The number of anilines is 2. The molecule has 1 aliphatic rings. The first kappa shape index (κ1) is 14.4. The van der Waals surface area contributed by atoms with Crippen molar-refractivity contribution < 1.29 is 4.92 Å². The Morgan fingerprint density at radius 3 is 2.90 bits per heavy atom. The van der Waals surface area contributed by atoms with Gasteiger partial charge in [0.25, 0.3) is 0 Å². The van der Waals surface area contributed by atoms with Crippen LogP contribution >= 0.6 is 0 Å². The Bertz CT molecular complexity index is 495. The smallest absolute Gasteiger partial charge is 0.353 e. The van der Waals surface area contributed by atoms with Crippen molar-refractivity contribution in [3.05, 3.63) is 16.4 Å². The molecule has 1 saturated heterocycles. The van der Waals surface area contributed by atoms with Gasteiger partial charge in [-0.15, -0.1) is 0 Å². The molecule has 1 unspecified atom stereocenters. The second kappa shape index (κ2) is 6.00. The molecular weight excluding hydrogens is 260 g/mol. The van der Waals surface area contributed by atoms with Crippen LogP contribution in [0.1, 0.15) is 19.8 Å². The standard InChI is InChI=1S/C12H20N6O2/c1-3-9-7-16(2)5-4-6-17(9)12-10(18(19)20)11(13)14-8-15-12/h8-9H,3-7H2,1-2H3,(H2,13,14,15). The highest BCUT2D eigenvalue weighted by Gasteiger charge is 2.31. The number of nitro groups is 1. The lowest BCUT2D eigenvalue weighted by Crippen LogP contribution is -2.40. The Morgan fingerprint density at radius 2 is 2.25 bits per heavy atom. The third-order valence-corrected chi connectivity index (χ3v) is 3.66. The molecule has 8 heteroatoms. The van der Waals surface area contributed by atoms with Crippen molar-refractivity contribution in [3.8, 4) is 0 Å². The lowest BCUT2D eigenvalue weighted by atomic mass is 10.2. The first-order chi connectivity index (χ1) is 9.54. The minimum atomic E-state index is -0.494. The molecule has 2 rings (SSSR count). The Hall–Kier alpha value is -1.96. The van der Waals surface area contributed by atoms with E-state index in [2.05, 4.69) is 28.8 Å². The molecule has 0 bridgehead atoms. The number of nitrogen functional groups attached to an aromatic ring is 1. The summed E-state index contributed by atoms with van der Waals surface area (Å²) in [5, 5.41) is 11.2. The van der Waals surface area contributed by atoms with Crippen molar-refractivity contribution >= 4 is 17.3 Å². The van der Waals surface area contributed by atoms with Gasteiger partial charge in [0.15, 0.2) is 0 Å². The quantitative estimate of drug-likeness (QED) is 0.648. The summed E-state index contributed by atoms with van der Waals surface area (Å²) in [5.74, 6) is 0.261. The summed E-state index contributed by atoms with van der Waals surface area (Å²) < 4.78 is 0. The Labute approximate surface area is 117 Å². The summed E-state index contributed by atoms with van der Waals surface area (Å²) >= 11 is 0. The van der Waals surface area contributed by atoms with Gasteiger partial charge < -0.3 is 15.5 Å². The summed E-state index contributed by atoms with van der Waals surface area (Å²) in [6.45, 7) is 4.65. The molecule has 1 aromatic rings. The molecule has 1 fully saturated rings. The highest BCUT2D eigenvalue weighted by molar-refractivity contribution is 5.68. The first-order valence-electron chi connectivity index (χ1n) is 6.74. The number of nitrogens with zero attached hydrogens (tertiary/aromatic N) is 5. The molecule has 1 atom stereocenters. The fourth-order valence-corrected chi connectivity index (χ4v) is 2.64. The largest absolute Gasteiger partial charge is 0.378 e. The summed E-state index contributed by atoms with van der Waals surface area (Å²) in [4.78, 5) is 22.8. The van der Waals surface area contributed by atoms with Crippen LogP contribution in [0.2, 0.25) is 0 Å². The van der Waals surface area contributed by atoms with E-state index in [0.29, 0.717) is 5.82 Å². The van der Waals surface area contributed by atoms with E-state index in [9.17, 15) is 10.1 Å². The number of likely N-dealkylation sites (N-methyl/N-ethyl adjacent to an activating group) is 1. The molecule has 8 nitrogen and oxygen atoms in total. The van der Waals surface area contributed by atoms with Crippen molar-refractivity contribution in [2.24, 2.45) is 0 Å². The Morgan fingerprint density at radius 1 is 1.50 bits per heavy atom. The van der Waals surface area contributed by atoms with Crippen LogP contribution in [0.15, 0.2) is 6.33 Å². The normalized spacial score (nSPS) is 20.7. The van der Waals surface area contributed by atoms with Gasteiger partial charge in [-0.2, -0.15) is 0 Å². The first-order valence-corrected chi connectivity index (χ1v) is 6.74. The fraction of sp³-hybridized carbons (Fsp3) is 0.667. The second-order valence-electron chi connectivity index (χ2n) is 5.06. The van der Waals surface area contributed by atoms with Crippen LogP contribution in [-0.4, -0.2) is 52.5 Å². The lowest BCUT2D eigenvalue weighted by Gasteiger charge is -2.30. The van der Waals surface area contributed by atoms with Crippen molar-refractivity contribution in [2.45, 2.75) is 25.8 Å². The fourth-order valence-electron chi connectivity index (χ4n) is 2.64. The van der Waals surface area contributed by atoms with Crippen molar-refractivity contribution in [3.63, 3.8) is 0 Å². The summed E-state index contributed by atoms with van der Waals surface area (Å²) in [6.07, 6.45) is 3.12. The van der Waals surface area contributed by atoms with E-state index < -0.39 is 4.92 Å². The van der Waals surface area contributed by atoms with Crippen LogP contribution in [-0.2, 0) is 0 Å². The number of hydrogen-bond acceptors (Lipinski definition) is 7. The van der Waals surface area contributed by atoms with Gasteiger partial charge >= 0.3 is 5.69 Å². The van der Waals surface area contributed by atoms with E-state index in [4.69, 9.17) is 5.73 Å². The van der Waals surface area contributed by atoms with Gasteiger partial charge in [-0.1, -0.05) is 6.92 Å². The van der Waals surface area contributed by atoms with E-state index in [0.717, 1.165) is 32.5 Å². The van der Waals surface area contributed by atoms with Crippen LogP contribution in [0.4, 0.5) is 17.3 Å². The molecule has 1 aromatic heterocycles. The molecule has 0 radical (unpaired) electrons. The van der Waals surface area contributed by atoms with Gasteiger partial charge in [-0.3, -0.25) is 10.1 Å². The van der Waals surface area contributed by atoms with E-state index in [-0.39, 0.29) is 17.5 Å². The number of rotatable bonds is 3. The minimum Gasteiger partial charge on any atom is -0.378 e. The summed E-state index contributed by atoms with van der Waals surface area (Å²) in [6, 6.07) is 0.190. The predicted octanol–water partition coefficient (Wildman–Crippen LogP) is 0.887. The van der Waals surface area contributed by atoms with E-state index in [1.807, 2.05) is 4.90 Å². The van der Waals surface area contributed by atoms with E-state index >= 15 is 0 Å². The predicted molar refractivity (Wildman–Crippen MR) is 76.6 cm³/mol. The van der Waals surface area contributed by atoms with Gasteiger partial charge in [0.1, 0.15) is 6.33 Å². The Kier molecular flexibility index (Phi) is 4.33. The molecule has 1 aliphatic heterocycles. The van der Waals surface area contributed by atoms with Crippen LogP contribution < -0.4 is 10.6 Å². The third-order valence-electron chi connectivity index (χ3n) is 3.66. The number of hydrogen-bond donors (Lipinski definition) is 1. The lowest BCUT2D eigenvalue weighted by molar-refractivity contribution is -0.383. The molecule has 2 heterocycles. The average molecular weight is 280 g/mol. The highest BCUT2D eigenvalue weighted by Crippen LogP contribution is 2.32. The maximum absolute atomic E-state index is 11.2. The summed E-state index contributed by atoms with van der Waals surface area (Å²) in [7, 11) is 2.06. The zero-order chi connectivity index (χ0) is 14.7. The molecule has 110 valence electrons. The van der Waals surface area contributed by atoms with Crippen molar-refractivity contribution in [1.29, 1.82) is 0 Å². The van der Waals surface area contributed by atoms with E-state index in [1.54, 1.807) is 0 Å². The molecule has 20 heavy (non-hydrogen) atoms. The molecule has 0 saturated carbocycles. The van der Waals surface area contributed by atoms with Crippen molar-refractivity contribution in [1.82, 2.24) is 14.9 Å². The highest BCUT2D eigenvalue weighted by atomic mass is 16.6. The third kappa shape index (κ3) is 2.79. The molecule has 2 N–H and O–H groups in total. The molecule has 0 aliphatic carbocycles. The van der Waals surface area contributed by atoms with Gasteiger partial charge in [0.05, 0.1) is 4.92 Å². The zero-order valence-corrected chi connectivity index (χ0v) is 11.8. The maximum atomic E-state index is 11.2. The van der Waals surface area contributed by atoms with Crippen molar-refractivity contribution in [2.75, 3.05) is 37.3 Å². The molecule has 0 amide bonds. The van der Waals surface area contributed by atoms with E-state index in [1.165, 1.54) is 6.33 Å². The van der Waals surface area contributed by atoms with Crippen LogP contribution in [0.5, 0.6) is 0 Å². The van der Waals surface area contributed by atoms with Gasteiger partial charge in [0, 0.05) is 19.1 Å². The maximum Gasteiger partial charge on any atom is 0.353 e. The summed E-state index contributed by atoms with van der Waals surface area (Å²) in [5.41, 5.74) is 5.47. The zero-order valence-electron chi connectivity index (χ0n) is 11.8. The van der Waals surface area contributed by atoms with Crippen LogP contribution in [0.25, 0.3) is 0 Å².